The molecule has 96 valence electrons. The Bertz CT molecular complexity index is 560. The summed E-state index contributed by atoms with van der Waals surface area (Å²) >= 11 is 7.31. The highest BCUT2D eigenvalue weighted by molar-refractivity contribution is 8.00. The molecular formula is C16H13ClOS. The van der Waals surface area contributed by atoms with E-state index in [1.54, 1.807) is 24.3 Å². The molecule has 0 aromatic heterocycles. The van der Waals surface area contributed by atoms with Crippen molar-refractivity contribution in [2.24, 2.45) is 0 Å². The first-order valence-corrected chi connectivity index (χ1v) is 7.08. The van der Waals surface area contributed by atoms with Crippen molar-refractivity contribution in [2.45, 2.75) is 16.2 Å². The lowest BCUT2D eigenvalue weighted by atomic mass is 10.1. The van der Waals surface area contributed by atoms with Gasteiger partial charge in [-0.15, -0.1) is 18.2 Å². The van der Waals surface area contributed by atoms with Crippen LogP contribution in [0.15, 0.2) is 59.5 Å². The molecule has 0 unspecified atom stereocenters. The number of rotatable bonds is 4. The van der Waals surface area contributed by atoms with Gasteiger partial charge in [-0.05, 0) is 29.8 Å². The lowest BCUT2D eigenvalue weighted by Gasteiger charge is -2.18. The van der Waals surface area contributed by atoms with Crippen LogP contribution in [0, 0.1) is 12.3 Å². The van der Waals surface area contributed by atoms with Crippen LogP contribution < -0.4 is 0 Å². The van der Waals surface area contributed by atoms with Crippen molar-refractivity contribution < 1.29 is 5.11 Å². The van der Waals surface area contributed by atoms with Gasteiger partial charge >= 0.3 is 0 Å². The summed E-state index contributed by atoms with van der Waals surface area (Å²) in [6, 6.07) is 16.9. The Labute approximate surface area is 122 Å². The molecule has 0 fully saturated rings. The average molecular weight is 289 g/mol. The fourth-order valence-corrected chi connectivity index (χ4v) is 2.76. The van der Waals surface area contributed by atoms with Crippen LogP contribution in [0.3, 0.4) is 0 Å². The molecule has 19 heavy (non-hydrogen) atoms. The van der Waals surface area contributed by atoms with Crippen LogP contribution in [0.5, 0.6) is 0 Å². The maximum Gasteiger partial charge on any atom is 0.102 e. The van der Waals surface area contributed by atoms with Crippen LogP contribution in [0.25, 0.3) is 0 Å². The van der Waals surface area contributed by atoms with Crippen LogP contribution in [-0.2, 0) is 0 Å². The van der Waals surface area contributed by atoms with E-state index in [1.165, 1.54) is 11.8 Å². The van der Waals surface area contributed by atoms with Crippen LogP contribution in [0.4, 0.5) is 0 Å². The monoisotopic (exact) mass is 288 g/mol. The highest BCUT2D eigenvalue weighted by Crippen LogP contribution is 2.32. The van der Waals surface area contributed by atoms with Crippen molar-refractivity contribution in [2.75, 3.05) is 0 Å². The molecule has 0 radical (unpaired) electrons. The molecule has 0 bridgehead atoms. The first-order valence-electron chi connectivity index (χ1n) is 5.82. The topological polar surface area (TPSA) is 20.2 Å². The quantitative estimate of drug-likeness (QED) is 0.673. The van der Waals surface area contributed by atoms with Gasteiger partial charge in [0.05, 0.1) is 0 Å². The van der Waals surface area contributed by atoms with Gasteiger partial charge in [0.15, 0.2) is 0 Å². The summed E-state index contributed by atoms with van der Waals surface area (Å²) in [4.78, 5) is 1.04. The largest absolute Gasteiger partial charge is 0.386 e. The maximum absolute atomic E-state index is 10.3. The number of aliphatic hydroxyl groups excluding tert-OH is 1. The lowest BCUT2D eigenvalue weighted by molar-refractivity contribution is 0.189. The van der Waals surface area contributed by atoms with Crippen molar-refractivity contribution in [1.29, 1.82) is 0 Å². The Morgan fingerprint density at radius 3 is 2.26 bits per heavy atom. The van der Waals surface area contributed by atoms with Gasteiger partial charge in [-0.3, -0.25) is 0 Å². The second-order valence-corrected chi connectivity index (χ2v) is 5.67. The Kier molecular flexibility index (Phi) is 4.93. The second-order valence-electron chi connectivity index (χ2n) is 4.01. The zero-order chi connectivity index (χ0) is 13.7. The first-order chi connectivity index (χ1) is 9.20. The molecule has 1 N–H and O–H groups in total. The predicted molar refractivity (Wildman–Crippen MR) is 81.3 cm³/mol. The van der Waals surface area contributed by atoms with E-state index in [4.69, 9.17) is 18.0 Å². The van der Waals surface area contributed by atoms with Gasteiger partial charge in [0.1, 0.15) is 11.4 Å². The van der Waals surface area contributed by atoms with Crippen LogP contribution in [-0.4, -0.2) is 10.4 Å². The standard InChI is InChI=1S/C16H13ClOS/c1-2-15(19-14-6-4-3-5-7-14)16(18)12-8-10-13(17)11-9-12/h1,3-11,15-16,18H/t15-,16-/m1/s1. The number of aliphatic hydroxyl groups is 1. The summed E-state index contributed by atoms with van der Waals surface area (Å²) in [6.07, 6.45) is 4.82. The predicted octanol–water partition coefficient (Wildman–Crippen LogP) is 4.17. The molecule has 0 aliphatic rings. The van der Waals surface area contributed by atoms with Gasteiger partial charge in [-0.25, -0.2) is 0 Å². The molecule has 3 heteroatoms. The third-order valence-corrected chi connectivity index (χ3v) is 4.11. The van der Waals surface area contributed by atoms with Crippen molar-refractivity contribution >= 4 is 23.4 Å². The summed E-state index contributed by atoms with van der Waals surface area (Å²) in [5.41, 5.74) is 0.774. The normalized spacial score (nSPS) is 13.5. The SMILES string of the molecule is C#C[C@@H](Sc1ccccc1)[C@H](O)c1ccc(Cl)cc1. The van der Waals surface area contributed by atoms with E-state index < -0.39 is 6.10 Å². The zero-order valence-corrected chi connectivity index (χ0v) is 11.7. The summed E-state index contributed by atoms with van der Waals surface area (Å²) in [5.74, 6) is 2.64. The molecule has 2 aromatic rings. The van der Waals surface area contributed by atoms with Gasteiger partial charge in [0, 0.05) is 9.92 Å². The second kappa shape index (κ2) is 6.68. The van der Waals surface area contributed by atoms with E-state index in [0.717, 1.165) is 10.5 Å². The van der Waals surface area contributed by atoms with E-state index in [9.17, 15) is 5.11 Å². The fourth-order valence-electron chi connectivity index (χ4n) is 1.67. The third kappa shape index (κ3) is 3.78. The van der Waals surface area contributed by atoms with E-state index in [0.29, 0.717) is 5.02 Å². The molecular weight excluding hydrogens is 276 g/mol. The van der Waals surface area contributed by atoms with Crippen LogP contribution >= 0.6 is 23.4 Å². The minimum absolute atomic E-state index is 0.330. The smallest absolute Gasteiger partial charge is 0.102 e. The van der Waals surface area contributed by atoms with E-state index in [-0.39, 0.29) is 5.25 Å². The molecule has 2 atom stereocenters. The molecule has 0 amide bonds. The molecule has 0 aliphatic carbocycles. The van der Waals surface area contributed by atoms with Crippen LogP contribution in [0.2, 0.25) is 5.02 Å². The van der Waals surface area contributed by atoms with Crippen LogP contribution in [0.1, 0.15) is 11.7 Å². The molecule has 0 saturated heterocycles. The van der Waals surface area contributed by atoms with Crippen molar-refractivity contribution in [3.05, 3.63) is 65.2 Å². The van der Waals surface area contributed by atoms with Crippen molar-refractivity contribution in [1.82, 2.24) is 0 Å². The highest BCUT2D eigenvalue weighted by atomic mass is 35.5. The molecule has 0 spiro atoms. The fraction of sp³-hybridized carbons (Fsp3) is 0.125. The minimum atomic E-state index is -0.715. The number of terminal acetylenes is 1. The Morgan fingerprint density at radius 1 is 1.05 bits per heavy atom. The summed E-state index contributed by atoms with van der Waals surface area (Å²) in [6.45, 7) is 0. The summed E-state index contributed by atoms with van der Waals surface area (Å²) < 4.78 is 0. The summed E-state index contributed by atoms with van der Waals surface area (Å²) in [7, 11) is 0. The van der Waals surface area contributed by atoms with E-state index >= 15 is 0 Å². The maximum atomic E-state index is 10.3. The molecule has 0 aliphatic heterocycles. The molecule has 2 rings (SSSR count). The third-order valence-electron chi connectivity index (χ3n) is 2.67. The molecule has 0 saturated carbocycles. The van der Waals surface area contributed by atoms with Gasteiger partial charge in [-0.1, -0.05) is 47.9 Å². The number of benzene rings is 2. The average Bonchev–Trinajstić information content (AvgIpc) is 2.46. The zero-order valence-electron chi connectivity index (χ0n) is 10.2. The lowest BCUT2D eigenvalue weighted by Crippen LogP contribution is -2.12. The van der Waals surface area contributed by atoms with Gasteiger partial charge < -0.3 is 5.11 Å². The number of thioether (sulfide) groups is 1. The van der Waals surface area contributed by atoms with Crippen molar-refractivity contribution in [3.8, 4) is 12.3 Å². The van der Waals surface area contributed by atoms with Gasteiger partial charge in [0.2, 0.25) is 0 Å². The summed E-state index contributed by atoms with van der Waals surface area (Å²) in [5, 5.41) is 10.6. The van der Waals surface area contributed by atoms with E-state index in [2.05, 4.69) is 5.92 Å². The molecule has 2 aromatic carbocycles. The van der Waals surface area contributed by atoms with Gasteiger partial charge in [-0.2, -0.15) is 0 Å². The first kappa shape index (κ1) is 14.0. The Balaban J connectivity index is 2.14. The number of hydrogen-bond acceptors (Lipinski definition) is 2. The Hall–Kier alpha value is -1.40. The number of hydrogen-bond donors (Lipinski definition) is 1. The Morgan fingerprint density at radius 2 is 1.68 bits per heavy atom. The molecule has 0 heterocycles. The van der Waals surface area contributed by atoms with Gasteiger partial charge in [0.25, 0.3) is 0 Å². The van der Waals surface area contributed by atoms with Crippen molar-refractivity contribution in [3.63, 3.8) is 0 Å². The molecule has 1 nitrogen and oxygen atoms in total. The minimum Gasteiger partial charge on any atom is -0.386 e. The number of halogens is 1. The highest BCUT2D eigenvalue weighted by Gasteiger charge is 2.19. The van der Waals surface area contributed by atoms with E-state index in [1.807, 2.05) is 30.3 Å².